The van der Waals surface area contributed by atoms with Gasteiger partial charge in [0.2, 0.25) is 35.1 Å². The number of benzene rings is 8. The molecule has 2 atom stereocenters. The molecule has 0 spiro atoms. The number of ether oxygens (including phenoxy) is 6. The van der Waals surface area contributed by atoms with E-state index in [1.54, 1.807) is 43.2 Å². The van der Waals surface area contributed by atoms with E-state index in [0.717, 1.165) is 145 Å². The van der Waals surface area contributed by atoms with Crippen molar-refractivity contribution in [2.24, 2.45) is 18.9 Å². The Morgan fingerprint density at radius 2 is 0.846 bits per heavy atom. The van der Waals surface area contributed by atoms with E-state index in [9.17, 15) is 4.79 Å². The number of nitrogen functional groups attached to an aromatic ring is 1. The van der Waals surface area contributed by atoms with Crippen molar-refractivity contribution in [3.63, 3.8) is 0 Å². The number of nitrogens with two attached hydrogens (primary N) is 1. The number of H-pyrrole nitrogens is 1. The lowest BCUT2D eigenvalue weighted by molar-refractivity contribution is 0.0664. The molecule has 10 aromatic heterocycles. The third-order valence-corrected chi connectivity index (χ3v) is 24.7. The van der Waals surface area contributed by atoms with E-state index < -0.39 is 0 Å². The molecule has 0 radical (unpaired) electrons. The summed E-state index contributed by atoms with van der Waals surface area (Å²) in [4.78, 5) is 55.9. The number of nitrogens with zero attached hydrogens (tertiary/aromatic N) is 19. The zero-order valence-electron chi connectivity index (χ0n) is 87.8. The molecule has 3 N–H and O–H groups in total. The molecule has 2 unspecified atom stereocenters. The van der Waals surface area contributed by atoms with Crippen LogP contribution in [0.4, 0.5) is 5.82 Å². The summed E-state index contributed by atoms with van der Waals surface area (Å²) in [5, 5.41) is 32.3. The number of aromatic nitrogens is 18. The summed E-state index contributed by atoms with van der Waals surface area (Å²) in [6, 6.07) is 65.3. The Bertz CT molecular complexity index is 7220. The van der Waals surface area contributed by atoms with Crippen LogP contribution in [0.3, 0.4) is 0 Å². The van der Waals surface area contributed by atoms with Gasteiger partial charge in [-0.15, -0.1) is 10.2 Å². The number of aryl methyl sites for hydroxylation is 5. The van der Waals surface area contributed by atoms with Crippen molar-refractivity contribution in [2.45, 2.75) is 142 Å². The minimum absolute atomic E-state index is 0.0403. The van der Waals surface area contributed by atoms with E-state index in [0.29, 0.717) is 144 Å². The largest absolute Gasteiger partial charge is 0.490 e. The summed E-state index contributed by atoms with van der Waals surface area (Å²) < 4.78 is 58.7. The predicted molar refractivity (Wildman–Crippen MR) is 581 cm³/mol. The predicted octanol–water partition coefficient (Wildman–Crippen LogP) is 24.5. The number of anilines is 1. The van der Waals surface area contributed by atoms with E-state index in [4.69, 9.17) is 52.2 Å². The van der Waals surface area contributed by atoms with Gasteiger partial charge in [-0.2, -0.15) is 25.0 Å². The molecule has 11 heterocycles. The van der Waals surface area contributed by atoms with Gasteiger partial charge in [-0.3, -0.25) is 24.8 Å². The van der Waals surface area contributed by atoms with Crippen molar-refractivity contribution in [1.82, 2.24) is 100 Å². The topological polar surface area (TPSA) is 384 Å². The molecule has 18 aromatic rings. The molecule has 149 heavy (non-hydrogen) atoms. The highest BCUT2D eigenvalue weighted by atomic mass is 79.9. The van der Waals surface area contributed by atoms with Crippen molar-refractivity contribution in [1.29, 1.82) is 0 Å². The first-order valence-electron chi connectivity index (χ1n) is 50.1. The van der Waals surface area contributed by atoms with Crippen LogP contribution in [0.25, 0.3) is 114 Å². The number of hydrogen-bond donors (Lipinski definition) is 2. The number of aromatic amines is 1. The summed E-state index contributed by atoms with van der Waals surface area (Å²) in [5.74, 6) is 13.4. The summed E-state index contributed by atoms with van der Waals surface area (Å²) in [6.07, 6.45) is 14.3. The minimum Gasteiger partial charge on any atom is -0.490 e. The molecule has 1 fully saturated rings. The fourth-order valence-corrected chi connectivity index (χ4v) is 16.7. The SMILES string of the molecule is CC(C)Cc1ccc(C(C)c2nc(-c3ccnc(N)c3)no2)cc1.CCOc1ccc(-c2n[nH]c(-c3ccncc3)n2)cc1OCC.CCOc1ccc(-c2nc(-c3ccc(C(=O)N4CCN(C)CC4)cc3C)no2)cc1OCC.CCOc1ccc(-c2nnc(-c3ccncc3)n2C)cc1OCC.Cc1ccc(-c2nc(-c3ccc(Br)cc3C)no2)cc1C.Cc1cncc(-c2noc(C(C)c3ccc(CC(C)C)cc3)n2)c1. The Hall–Kier alpha value is -16.3. The minimum atomic E-state index is 0.0403. The quantitative estimate of drug-likeness (QED) is 0.0407. The second kappa shape index (κ2) is 52.7. The second-order valence-corrected chi connectivity index (χ2v) is 37.4. The fourth-order valence-electron chi connectivity index (χ4n) is 16.3. The van der Waals surface area contributed by atoms with Gasteiger partial charge >= 0.3 is 0 Å². The van der Waals surface area contributed by atoms with Gasteiger partial charge < -0.3 is 66.6 Å². The lowest BCUT2D eigenvalue weighted by Gasteiger charge is -2.32. The molecule has 8 aromatic carbocycles. The maximum absolute atomic E-state index is 12.9. The fraction of sp³-hybridized carbons (Fsp3) is 0.302. The van der Waals surface area contributed by atoms with Crippen LogP contribution in [0.2, 0.25) is 0 Å². The number of carbonyl (C=O) groups is 1. The van der Waals surface area contributed by atoms with Crippen LogP contribution in [0.5, 0.6) is 34.5 Å². The molecule has 33 heteroatoms. The monoisotopic (exact) mass is 2070 g/mol. The number of carbonyl (C=O) groups excluding carboxylic acids is 1. The van der Waals surface area contributed by atoms with Crippen LogP contribution in [0.1, 0.15) is 167 Å². The van der Waals surface area contributed by atoms with E-state index in [1.807, 2.05) is 218 Å². The van der Waals surface area contributed by atoms with Gasteiger partial charge in [0.05, 0.1) is 51.5 Å². The molecule has 1 aliphatic rings. The highest BCUT2D eigenvalue weighted by molar-refractivity contribution is 9.10. The molecular formula is C116H128BrN21O11. The number of amides is 1. The van der Waals surface area contributed by atoms with Crippen LogP contribution in [0, 0.1) is 46.5 Å². The molecule has 19 rings (SSSR count). The molecule has 0 aliphatic carbocycles. The van der Waals surface area contributed by atoms with Crippen LogP contribution in [-0.4, -0.2) is 179 Å². The van der Waals surface area contributed by atoms with Crippen molar-refractivity contribution in [2.75, 3.05) is 78.6 Å². The number of nitrogens with one attached hydrogen (secondary N) is 1. The molecule has 0 saturated carbocycles. The molecule has 1 saturated heterocycles. The first-order chi connectivity index (χ1) is 72.1. The van der Waals surface area contributed by atoms with Crippen molar-refractivity contribution in [3.05, 3.63) is 315 Å². The molecule has 32 nitrogen and oxygen atoms in total. The number of halogens is 1. The van der Waals surface area contributed by atoms with Gasteiger partial charge in [-0.1, -0.05) is 125 Å². The molecule has 770 valence electrons. The highest BCUT2D eigenvalue weighted by Crippen LogP contribution is 2.39. The van der Waals surface area contributed by atoms with Gasteiger partial charge in [0.25, 0.3) is 17.7 Å². The molecule has 1 amide bonds. The van der Waals surface area contributed by atoms with Gasteiger partial charge in [0, 0.05) is 142 Å². The second-order valence-electron chi connectivity index (χ2n) is 36.5. The summed E-state index contributed by atoms with van der Waals surface area (Å²) >= 11 is 3.46. The van der Waals surface area contributed by atoms with Crippen LogP contribution >= 0.6 is 15.9 Å². The third kappa shape index (κ3) is 29.2. The lowest BCUT2D eigenvalue weighted by Crippen LogP contribution is -2.47. The van der Waals surface area contributed by atoms with Crippen molar-refractivity contribution in [3.8, 4) is 149 Å². The Balaban J connectivity index is 0.000000142. The highest BCUT2D eigenvalue weighted by Gasteiger charge is 2.27. The van der Waals surface area contributed by atoms with Crippen molar-refractivity contribution < 1.29 is 51.3 Å². The lowest BCUT2D eigenvalue weighted by atomic mass is 9.97. The summed E-state index contributed by atoms with van der Waals surface area (Å²) in [7, 11) is 4.02. The molecule has 0 bridgehead atoms. The first kappa shape index (κ1) is 108. The summed E-state index contributed by atoms with van der Waals surface area (Å²) in [6.45, 7) is 41.5. The number of rotatable bonds is 31. The van der Waals surface area contributed by atoms with E-state index >= 15 is 0 Å². The smallest absolute Gasteiger partial charge is 0.258 e. The zero-order valence-corrected chi connectivity index (χ0v) is 89.4. The normalized spacial score (nSPS) is 12.1. The average molecular weight is 2070 g/mol. The Kier molecular flexibility index (Phi) is 38.3. The van der Waals surface area contributed by atoms with Gasteiger partial charge in [-0.05, 0) is 311 Å². The summed E-state index contributed by atoms with van der Waals surface area (Å²) in [5.41, 5.74) is 25.9. The maximum atomic E-state index is 12.9. The first-order valence-corrected chi connectivity index (χ1v) is 50.9. The number of pyridine rings is 4. The van der Waals surface area contributed by atoms with Gasteiger partial charge in [-0.25, -0.2) is 9.97 Å². The molecule has 1 aliphatic heterocycles. The number of hydrogen-bond acceptors (Lipinski definition) is 29. The van der Waals surface area contributed by atoms with Crippen LogP contribution in [-0.2, 0) is 19.9 Å². The van der Waals surface area contributed by atoms with E-state index in [1.165, 1.54) is 27.8 Å². The van der Waals surface area contributed by atoms with Crippen molar-refractivity contribution >= 4 is 27.7 Å². The maximum Gasteiger partial charge on any atom is 0.258 e. The van der Waals surface area contributed by atoms with E-state index in [2.05, 4.69) is 230 Å². The van der Waals surface area contributed by atoms with Gasteiger partial charge in [0.15, 0.2) is 57.8 Å². The zero-order chi connectivity index (χ0) is 106. The van der Waals surface area contributed by atoms with Crippen LogP contribution < -0.4 is 34.2 Å². The standard InChI is InChI=1S/C25H30N4O4.C20H23N3O.C19H22N4O.C18H20N4O2.C17H15BrN2O.C17H18N4O2/c1-5-31-21-10-8-18(16-22(21)32-6-2)24-26-23(27-33-24)20-9-7-19(15-17(20)3)25(30)29-13-11-28(4)12-14-29;1-13(2)9-16-5-7-17(8-6-16)15(4)20-22-19(23-24-20)18-10-14(3)11-21-12-18;1-12(2)10-14-4-6-15(7-5-14)13(3)19-22-18(23-24-19)16-8-9-21-17(20)11-16;1-4-23-15-7-6-14(12-16(15)24-5-2)18-21-20-17(22(18)3)13-8-10-19-11-9-13;1-10-4-5-13(8-11(10)2)17-19-16(20-21-17)15-7-6-14(18)9-12(15)3;1-3-22-14-6-5-13(11-15(14)23-4-2)17-19-16(20-21-17)12-7-9-18-10-8-12/h7-10,15-16H,5-6,11-14H2,1-4H3;5-8,10-13,15H,9H2,1-4H3;4-9,11-13H,10H2,1-3H3,(H2,20,21);6-12H,4-5H2,1-3H3;4-9H,1-3H3;5-11H,3-4H2,1-2H3,(H,19,20,21). The number of piperazine rings is 1. The molecular weight excluding hydrogens is 1940 g/mol. The Morgan fingerprint density at radius 1 is 0.396 bits per heavy atom. The average Bonchev–Trinajstić information content (AvgIpc) is 1.66. The number of likely N-dealkylation sites (N-methyl/N-ethyl adjacent to an activating group) is 1. The Morgan fingerprint density at radius 3 is 1.35 bits per heavy atom. The van der Waals surface area contributed by atoms with Crippen LogP contribution in [0.15, 0.2) is 266 Å². The van der Waals surface area contributed by atoms with Gasteiger partial charge in [0.1, 0.15) is 5.82 Å². The third-order valence-electron chi connectivity index (χ3n) is 24.2. The van der Waals surface area contributed by atoms with E-state index in [-0.39, 0.29) is 17.7 Å². The Labute approximate surface area is 877 Å².